The first-order valence-electron chi connectivity index (χ1n) is 9.53. The molecule has 0 radical (unpaired) electrons. The van der Waals surface area contributed by atoms with Crippen molar-refractivity contribution in [2.75, 3.05) is 41.9 Å². The summed E-state index contributed by atoms with van der Waals surface area (Å²) in [6.45, 7) is 4.83. The molecule has 8 heteroatoms. The minimum atomic E-state index is 0.379. The van der Waals surface area contributed by atoms with Gasteiger partial charge in [0.05, 0.1) is 19.4 Å². The van der Waals surface area contributed by atoms with E-state index >= 15 is 0 Å². The number of hydrogen-bond acceptors (Lipinski definition) is 8. The van der Waals surface area contributed by atoms with Crippen molar-refractivity contribution in [1.29, 1.82) is 0 Å². The molecule has 29 heavy (non-hydrogen) atoms. The summed E-state index contributed by atoms with van der Waals surface area (Å²) in [4.78, 5) is 15.7. The Kier molecular flexibility index (Phi) is 5.92. The van der Waals surface area contributed by atoms with Crippen molar-refractivity contribution in [3.63, 3.8) is 0 Å². The molecule has 2 aromatic carbocycles. The monoisotopic (exact) mass is 389 g/mol. The molecule has 148 valence electrons. The molecule has 1 fully saturated rings. The number of hydrogen-bond donors (Lipinski definition) is 2. The highest BCUT2D eigenvalue weighted by molar-refractivity contribution is 5.81. The zero-order valence-corrected chi connectivity index (χ0v) is 16.2. The van der Waals surface area contributed by atoms with Crippen LogP contribution < -0.4 is 15.6 Å². The standard InChI is InChI=1S/C21H23N7O/c1-16-7-5-6-8-17(16)15-22-27-20-24-19(23-18-9-3-2-4-10-18)25-21(26-20)28-11-13-29-14-12-28/h2-10,15H,11-14H2,1H3,(H2,23,24,25,26,27)/b22-15+. The fraction of sp³-hybridized carbons (Fsp3) is 0.238. The Morgan fingerprint density at radius 3 is 2.45 bits per heavy atom. The Hall–Kier alpha value is -3.52. The van der Waals surface area contributed by atoms with Gasteiger partial charge < -0.3 is 15.0 Å². The van der Waals surface area contributed by atoms with Crippen LogP contribution in [-0.2, 0) is 4.74 Å². The number of morpholine rings is 1. The van der Waals surface area contributed by atoms with Gasteiger partial charge >= 0.3 is 0 Å². The lowest BCUT2D eigenvalue weighted by Gasteiger charge is -2.27. The van der Waals surface area contributed by atoms with Gasteiger partial charge in [-0.1, -0.05) is 42.5 Å². The summed E-state index contributed by atoms with van der Waals surface area (Å²) < 4.78 is 5.43. The minimum Gasteiger partial charge on any atom is -0.378 e. The van der Waals surface area contributed by atoms with Gasteiger partial charge in [0.1, 0.15) is 0 Å². The SMILES string of the molecule is Cc1ccccc1/C=N/Nc1nc(Nc2ccccc2)nc(N2CCOCC2)n1. The van der Waals surface area contributed by atoms with E-state index in [-0.39, 0.29) is 0 Å². The average molecular weight is 389 g/mol. The van der Waals surface area contributed by atoms with Gasteiger partial charge in [-0.3, -0.25) is 0 Å². The van der Waals surface area contributed by atoms with Crippen LogP contribution in [0.25, 0.3) is 0 Å². The molecule has 0 atom stereocenters. The fourth-order valence-corrected chi connectivity index (χ4v) is 2.92. The van der Waals surface area contributed by atoms with E-state index in [9.17, 15) is 0 Å². The van der Waals surface area contributed by atoms with E-state index in [2.05, 4.69) is 35.7 Å². The normalized spacial score (nSPS) is 14.2. The van der Waals surface area contributed by atoms with Crippen LogP contribution in [0.3, 0.4) is 0 Å². The molecule has 1 saturated heterocycles. The number of aromatic nitrogens is 3. The van der Waals surface area contributed by atoms with Crippen molar-refractivity contribution in [2.45, 2.75) is 6.92 Å². The minimum absolute atomic E-state index is 0.379. The maximum absolute atomic E-state index is 5.43. The van der Waals surface area contributed by atoms with Crippen LogP contribution in [0.2, 0.25) is 0 Å². The Morgan fingerprint density at radius 2 is 1.66 bits per heavy atom. The van der Waals surface area contributed by atoms with E-state index in [1.807, 2.05) is 61.5 Å². The Morgan fingerprint density at radius 1 is 0.931 bits per heavy atom. The highest BCUT2D eigenvalue weighted by Crippen LogP contribution is 2.18. The van der Waals surface area contributed by atoms with E-state index in [1.54, 1.807) is 6.21 Å². The van der Waals surface area contributed by atoms with Crippen LogP contribution in [0.1, 0.15) is 11.1 Å². The van der Waals surface area contributed by atoms with Crippen molar-refractivity contribution in [2.24, 2.45) is 5.10 Å². The first kappa shape index (κ1) is 18.8. The molecule has 0 unspecified atom stereocenters. The van der Waals surface area contributed by atoms with Crippen LogP contribution in [0.15, 0.2) is 59.7 Å². The summed E-state index contributed by atoms with van der Waals surface area (Å²) in [6.07, 6.45) is 1.76. The van der Waals surface area contributed by atoms with Crippen molar-refractivity contribution in [1.82, 2.24) is 15.0 Å². The lowest BCUT2D eigenvalue weighted by molar-refractivity contribution is 0.122. The van der Waals surface area contributed by atoms with Gasteiger partial charge in [0, 0.05) is 18.8 Å². The fourth-order valence-electron chi connectivity index (χ4n) is 2.92. The van der Waals surface area contributed by atoms with Crippen molar-refractivity contribution < 1.29 is 4.74 Å². The van der Waals surface area contributed by atoms with E-state index in [0.717, 1.165) is 29.9 Å². The van der Waals surface area contributed by atoms with Gasteiger partial charge in [-0.05, 0) is 30.2 Å². The third kappa shape index (κ3) is 5.05. The van der Waals surface area contributed by atoms with Crippen LogP contribution in [0.5, 0.6) is 0 Å². The topological polar surface area (TPSA) is 87.6 Å². The first-order chi connectivity index (χ1) is 14.3. The summed E-state index contributed by atoms with van der Waals surface area (Å²) in [5, 5.41) is 7.54. The molecule has 2 heterocycles. The summed E-state index contributed by atoms with van der Waals surface area (Å²) in [5.74, 6) is 1.43. The molecular formula is C21H23N7O. The van der Waals surface area contributed by atoms with Crippen LogP contribution >= 0.6 is 0 Å². The van der Waals surface area contributed by atoms with Gasteiger partial charge in [-0.2, -0.15) is 20.1 Å². The van der Waals surface area contributed by atoms with Gasteiger partial charge in [0.25, 0.3) is 0 Å². The van der Waals surface area contributed by atoms with Crippen LogP contribution in [0, 0.1) is 6.92 Å². The molecule has 0 saturated carbocycles. The predicted molar refractivity (Wildman–Crippen MR) is 115 cm³/mol. The summed E-state index contributed by atoms with van der Waals surface area (Å²) in [6, 6.07) is 17.8. The lowest BCUT2D eigenvalue weighted by Crippen LogP contribution is -2.37. The molecule has 0 bridgehead atoms. The molecule has 3 aromatic rings. The predicted octanol–water partition coefficient (Wildman–Crippen LogP) is 3.21. The highest BCUT2D eigenvalue weighted by atomic mass is 16.5. The van der Waals surface area contributed by atoms with Crippen molar-refractivity contribution in [3.8, 4) is 0 Å². The Balaban J connectivity index is 1.57. The average Bonchev–Trinajstić information content (AvgIpc) is 2.76. The van der Waals surface area contributed by atoms with Gasteiger partial charge in [-0.15, -0.1) is 0 Å². The maximum Gasteiger partial charge on any atom is 0.250 e. The summed E-state index contributed by atoms with van der Waals surface area (Å²) >= 11 is 0. The number of anilines is 4. The maximum atomic E-state index is 5.43. The third-order valence-corrected chi connectivity index (χ3v) is 4.50. The van der Waals surface area contributed by atoms with E-state index in [4.69, 9.17) is 4.74 Å². The molecular weight excluding hydrogens is 366 g/mol. The smallest absolute Gasteiger partial charge is 0.250 e. The Bertz CT molecular complexity index is 972. The molecule has 4 rings (SSSR count). The van der Waals surface area contributed by atoms with E-state index in [1.165, 1.54) is 0 Å². The number of nitrogens with zero attached hydrogens (tertiary/aromatic N) is 5. The number of aryl methyl sites for hydroxylation is 1. The molecule has 0 aliphatic carbocycles. The quantitative estimate of drug-likeness (QED) is 0.494. The second-order valence-corrected chi connectivity index (χ2v) is 6.60. The first-order valence-corrected chi connectivity index (χ1v) is 9.53. The molecule has 8 nitrogen and oxygen atoms in total. The van der Waals surface area contributed by atoms with Crippen molar-refractivity contribution >= 4 is 29.7 Å². The molecule has 1 aromatic heterocycles. The van der Waals surface area contributed by atoms with Crippen LogP contribution in [-0.4, -0.2) is 47.5 Å². The van der Waals surface area contributed by atoms with Gasteiger partial charge in [0.2, 0.25) is 17.8 Å². The third-order valence-electron chi connectivity index (χ3n) is 4.50. The van der Waals surface area contributed by atoms with Crippen molar-refractivity contribution in [3.05, 3.63) is 65.7 Å². The van der Waals surface area contributed by atoms with E-state index in [0.29, 0.717) is 31.1 Å². The lowest BCUT2D eigenvalue weighted by atomic mass is 10.1. The molecule has 0 spiro atoms. The second kappa shape index (κ2) is 9.11. The molecule has 1 aliphatic rings. The summed E-state index contributed by atoms with van der Waals surface area (Å²) in [5.41, 5.74) is 6.02. The summed E-state index contributed by atoms with van der Waals surface area (Å²) in [7, 11) is 0. The highest BCUT2D eigenvalue weighted by Gasteiger charge is 2.16. The second-order valence-electron chi connectivity index (χ2n) is 6.60. The Labute approximate surface area is 169 Å². The molecule has 1 aliphatic heterocycles. The van der Waals surface area contributed by atoms with Crippen LogP contribution in [0.4, 0.5) is 23.5 Å². The zero-order valence-electron chi connectivity index (χ0n) is 16.2. The molecule has 0 amide bonds. The van der Waals surface area contributed by atoms with E-state index < -0.39 is 0 Å². The number of rotatable bonds is 6. The number of hydrazone groups is 1. The zero-order chi connectivity index (χ0) is 19.9. The number of ether oxygens (including phenoxy) is 1. The number of benzene rings is 2. The molecule has 2 N–H and O–H groups in total. The van der Waals surface area contributed by atoms with Gasteiger partial charge in [-0.25, -0.2) is 5.43 Å². The number of para-hydroxylation sites is 1. The number of nitrogens with one attached hydrogen (secondary N) is 2. The van der Waals surface area contributed by atoms with Gasteiger partial charge in [0.15, 0.2) is 0 Å². The largest absolute Gasteiger partial charge is 0.378 e.